The molecule has 2 saturated heterocycles. The largest absolute Gasteiger partial charge is 0.488 e. The van der Waals surface area contributed by atoms with E-state index in [1.165, 1.54) is 12.1 Å². The summed E-state index contributed by atoms with van der Waals surface area (Å²) in [5.41, 5.74) is 0.905. The molecule has 0 aromatic heterocycles. The first-order valence-electron chi connectivity index (χ1n) is 7.68. The highest BCUT2D eigenvalue weighted by Crippen LogP contribution is 2.32. The summed E-state index contributed by atoms with van der Waals surface area (Å²) >= 11 is 0. The topological polar surface area (TPSA) is 41.6 Å². The van der Waals surface area contributed by atoms with Crippen molar-refractivity contribution in [2.45, 2.75) is 31.4 Å². The van der Waals surface area contributed by atoms with Crippen LogP contribution in [0.5, 0.6) is 5.75 Å². The molecule has 3 aliphatic heterocycles. The number of benzene rings is 1. The Morgan fingerprint density at radius 1 is 1.43 bits per heavy atom. The number of nitrogens with zero attached hydrogens (tertiary/aromatic N) is 1. The molecule has 3 aliphatic rings. The fourth-order valence-electron chi connectivity index (χ4n) is 3.80. The number of hydrogen-bond acceptors (Lipinski definition) is 3. The molecule has 0 saturated carbocycles. The molecular weight excluding hydrogens is 271 g/mol. The Kier molecular flexibility index (Phi) is 3.10. The maximum atomic E-state index is 13.2. The smallest absolute Gasteiger partial charge is 0.227 e. The van der Waals surface area contributed by atoms with Crippen LogP contribution in [0.4, 0.5) is 4.39 Å². The second-order valence-corrected chi connectivity index (χ2v) is 6.25. The van der Waals surface area contributed by atoms with Crippen LogP contribution in [0.1, 0.15) is 18.4 Å². The van der Waals surface area contributed by atoms with Crippen LogP contribution in [0, 0.1) is 11.7 Å². The molecule has 1 amide bonds. The number of likely N-dealkylation sites (tertiary alicyclic amines) is 1. The standard InChI is InChI=1S/C16H19FN2O2/c17-11-3-4-15-10(6-11)7-12(21-15)8-19-9-14-13(16(19)20)2-1-5-18-14/h3-4,6,12-14,18H,1-2,5,7-9H2. The van der Waals surface area contributed by atoms with E-state index in [9.17, 15) is 9.18 Å². The zero-order valence-corrected chi connectivity index (χ0v) is 11.8. The van der Waals surface area contributed by atoms with Crippen LogP contribution in [-0.2, 0) is 11.2 Å². The highest BCUT2D eigenvalue weighted by Gasteiger charge is 2.42. The van der Waals surface area contributed by atoms with Gasteiger partial charge < -0.3 is 15.0 Å². The van der Waals surface area contributed by atoms with Crippen LogP contribution in [0.3, 0.4) is 0 Å². The number of amides is 1. The molecule has 1 aromatic carbocycles. The normalized spacial score (nSPS) is 31.0. The molecule has 0 aliphatic carbocycles. The van der Waals surface area contributed by atoms with Crippen molar-refractivity contribution in [3.05, 3.63) is 29.6 Å². The van der Waals surface area contributed by atoms with E-state index in [1.807, 2.05) is 4.90 Å². The number of carbonyl (C=O) groups excluding carboxylic acids is 1. The lowest BCUT2D eigenvalue weighted by Crippen LogP contribution is -2.41. The van der Waals surface area contributed by atoms with Crippen LogP contribution in [-0.4, -0.2) is 42.6 Å². The minimum atomic E-state index is -0.231. The molecule has 0 radical (unpaired) electrons. The van der Waals surface area contributed by atoms with Crippen LogP contribution >= 0.6 is 0 Å². The molecule has 3 unspecified atom stereocenters. The van der Waals surface area contributed by atoms with Gasteiger partial charge in [0.05, 0.1) is 12.5 Å². The molecule has 4 nitrogen and oxygen atoms in total. The van der Waals surface area contributed by atoms with Gasteiger partial charge in [0.15, 0.2) is 0 Å². The van der Waals surface area contributed by atoms with Gasteiger partial charge in [0.2, 0.25) is 5.91 Å². The second-order valence-electron chi connectivity index (χ2n) is 6.25. The molecule has 2 fully saturated rings. The van der Waals surface area contributed by atoms with E-state index in [2.05, 4.69) is 5.32 Å². The zero-order chi connectivity index (χ0) is 14.4. The summed E-state index contributed by atoms with van der Waals surface area (Å²) in [5.74, 6) is 0.909. The number of piperidine rings is 1. The molecular formula is C16H19FN2O2. The van der Waals surface area contributed by atoms with Crippen LogP contribution in [0.2, 0.25) is 0 Å². The van der Waals surface area contributed by atoms with Gasteiger partial charge in [-0.25, -0.2) is 4.39 Å². The summed E-state index contributed by atoms with van der Waals surface area (Å²) in [6.45, 7) is 2.38. The molecule has 21 heavy (non-hydrogen) atoms. The lowest BCUT2D eigenvalue weighted by atomic mass is 9.94. The summed E-state index contributed by atoms with van der Waals surface area (Å²) in [6.07, 6.45) is 2.69. The van der Waals surface area contributed by atoms with E-state index >= 15 is 0 Å². The molecule has 0 bridgehead atoms. The van der Waals surface area contributed by atoms with Gasteiger partial charge in [-0.1, -0.05) is 0 Å². The predicted octanol–water partition coefficient (Wildman–Crippen LogP) is 1.34. The Hall–Kier alpha value is -1.62. The first kappa shape index (κ1) is 13.1. The predicted molar refractivity (Wildman–Crippen MR) is 75.6 cm³/mol. The minimum absolute atomic E-state index is 0.0501. The Balaban J connectivity index is 1.43. The fraction of sp³-hybridized carbons (Fsp3) is 0.562. The van der Waals surface area contributed by atoms with Gasteiger partial charge in [0.25, 0.3) is 0 Å². The minimum Gasteiger partial charge on any atom is -0.488 e. The van der Waals surface area contributed by atoms with Crippen molar-refractivity contribution in [1.82, 2.24) is 10.2 Å². The van der Waals surface area contributed by atoms with Gasteiger partial charge in [-0.05, 0) is 37.6 Å². The Morgan fingerprint density at radius 3 is 3.19 bits per heavy atom. The summed E-state index contributed by atoms with van der Waals surface area (Å²) in [7, 11) is 0. The highest BCUT2D eigenvalue weighted by atomic mass is 19.1. The van der Waals surface area contributed by atoms with Crippen molar-refractivity contribution in [1.29, 1.82) is 0 Å². The Bertz CT molecular complexity index is 577. The fourth-order valence-corrected chi connectivity index (χ4v) is 3.80. The van der Waals surface area contributed by atoms with Gasteiger partial charge in [-0.3, -0.25) is 4.79 Å². The summed E-state index contributed by atoms with van der Waals surface area (Å²) in [5, 5.41) is 3.44. The van der Waals surface area contributed by atoms with Crippen molar-refractivity contribution >= 4 is 5.91 Å². The molecule has 0 spiro atoms. The van der Waals surface area contributed by atoms with Crippen molar-refractivity contribution in [2.24, 2.45) is 5.92 Å². The third-order valence-electron chi connectivity index (χ3n) is 4.82. The van der Waals surface area contributed by atoms with Crippen LogP contribution in [0.25, 0.3) is 0 Å². The molecule has 1 N–H and O–H groups in total. The Morgan fingerprint density at radius 2 is 2.33 bits per heavy atom. The molecule has 4 rings (SSSR count). The number of ether oxygens (including phenoxy) is 1. The third kappa shape index (κ3) is 2.29. The maximum Gasteiger partial charge on any atom is 0.227 e. The molecule has 112 valence electrons. The molecule has 5 heteroatoms. The first-order chi connectivity index (χ1) is 10.2. The lowest BCUT2D eigenvalue weighted by molar-refractivity contribution is -0.132. The van der Waals surface area contributed by atoms with Gasteiger partial charge in [-0.2, -0.15) is 0 Å². The monoisotopic (exact) mass is 290 g/mol. The summed E-state index contributed by atoms with van der Waals surface area (Å²) in [6, 6.07) is 4.92. The van der Waals surface area contributed by atoms with E-state index < -0.39 is 0 Å². The third-order valence-corrected chi connectivity index (χ3v) is 4.82. The number of carbonyl (C=O) groups is 1. The number of nitrogens with one attached hydrogen (secondary N) is 1. The van der Waals surface area contributed by atoms with Crippen LogP contribution < -0.4 is 10.1 Å². The van der Waals surface area contributed by atoms with Gasteiger partial charge in [0, 0.05) is 24.6 Å². The molecule has 1 aromatic rings. The van der Waals surface area contributed by atoms with E-state index in [4.69, 9.17) is 4.74 Å². The number of rotatable bonds is 2. The van der Waals surface area contributed by atoms with Gasteiger partial charge in [-0.15, -0.1) is 0 Å². The van der Waals surface area contributed by atoms with Crippen molar-refractivity contribution in [2.75, 3.05) is 19.6 Å². The van der Waals surface area contributed by atoms with E-state index in [-0.39, 0.29) is 23.7 Å². The van der Waals surface area contributed by atoms with Crippen molar-refractivity contribution < 1.29 is 13.9 Å². The zero-order valence-electron chi connectivity index (χ0n) is 11.8. The quantitative estimate of drug-likeness (QED) is 0.894. The maximum absolute atomic E-state index is 13.2. The number of halogens is 1. The lowest BCUT2D eigenvalue weighted by Gasteiger charge is -2.23. The summed E-state index contributed by atoms with van der Waals surface area (Å²) in [4.78, 5) is 14.3. The van der Waals surface area contributed by atoms with Crippen LogP contribution in [0.15, 0.2) is 18.2 Å². The SMILES string of the molecule is O=C1C2CCCNC2CN1CC1Cc2cc(F)ccc2O1. The van der Waals surface area contributed by atoms with Gasteiger partial charge >= 0.3 is 0 Å². The highest BCUT2D eigenvalue weighted by molar-refractivity contribution is 5.82. The van der Waals surface area contributed by atoms with E-state index in [0.29, 0.717) is 19.0 Å². The van der Waals surface area contributed by atoms with Crippen molar-refractivity contribution in [3.63, 3.8) is 0 Å². The first-order valence-corrected chi connectivity index (χ1v) is 7.68. The van der Waals surface area contributed by atoms with Crippen molar-refractivity contribution in [3.8, 4) is 5.75 Å². The Labute approximate surface area is 123 Å². The summed E-state index contributed by atoms with van der Waals surface area (Å²) < 4.78 is 19.1. The molecule has 3 atom stereocenters. The second kappa shape index (κ2) is 4.98. The number of fused-ring (bicyclic) bond motifs is 2. The van der Waals surface area contributed by atoms with E-state index in [1.54, 1.807) is 6.07 Å². The van der Waals surface area contributed by atoms with Gasteiger partial charge in [0.1, 0.15) is 17.7 Å². The number of hydrogen-bond donors (Lipinski definition) is 1. The van der Waals surface area contributed by atoms with E-state index in [0.717, 1.165) is 37.2 Å². The average molecular weight is 290 g/mol. The molecule has 3 heterocycles. The average Bonchev–Trinajstić information content (AvgIpc) is 3.01.